The van der Waals surface area contributed by atoms with Gasteiger partial charge in [0.15, 0.2) is 11.6 Å². The van der Waals surface area contributed by atoms with Gasteiger partial charge in [-0.2, -0.15) is 0 Å². The first kappa shape index (κ1) is 14.4. The summed E-state index contributed by atoms with van der Waals surface area (Å²) >= 11 is 9.39. The zero-order chi connectivity index (χ0) is 15.0. The van der Waals surface area contributed by atoms with Crippen molar-refractivity contribution >= 4 is 38.6 Å². The van der Waals surface area contributed by atoms with Crippen LogP contribution in [-0.4, -0.2) is 16.7 Å². The van der Waals surface area contributed by atoms with E-state index in [1.165, 1.54) is 13.2 Å². The van der Waals surface area contributed by atoms with Gasteiger partial charge in [0.25, 0.3) is 0 Å². The molecule has 0 amide bonds. The van der Waals surface area contributed by atoms with Crippen molar-refractivity contribution in [1.82, 2.24) is 9.55 Å². The van der Waals surface area contributed by atoms with Crippen LogP contribution in [0.2, 0.25) is 0 Å². The number of hydrogen-bond acceptors (Lipinski definition) is 2. The first-order valence-electron chi connectivity index (χ1n) is 6.21. The normalized spacial score (nSPS) is 11.0. The fourth-order valence-electron chi connectivity index (χ4n) is 2.25. The highest BCUT2D eigenvalue weighted by Gasteiger charge is 2.15. The minimum absolute atomic E-state index is 0.182. The summed E-state index contributed by atoms with van der Waals surface area (Å²) in [6.45, 7) is 0. The van der Waals surface area contributed by atoms with Gasteiger partial charge in [-0.1, -0.05) is 15.9 Å². The lowest BCUT2D eigenvalue weighted by molar-refractivity contribution is 0.387. The minimum Gasteiger partial charge on any atom is -0.494 e. The van der Waals surface area contributed by atoms with Crippen molar-refractivity contribution in [3.05, 3.63) is 52.5 Å². The molecule has 0 spiro atoms. The predicted octanol–water partition coefficient (Wildman–Crippen LogP) is 4.67. The molecule has 0 atom stereocenters. The lowest BCUT2D eigenvalue weighted by atomic mass is 10.2. The third-order valence-electron chi connectivity index (χ3n) is 3.20. The van der Waals surface area contributed by atoms with Crippen LogP contribution < -0.4 is 4.74 Å². The first-order valence-corrected chi connectivity index (χ1v) is 7.53. The molecule has 21 heavy (non-hydrogen) atoms. The molecule has 0 unspecified atom stereocenters. The standard InChI is InChI=1S/C15H11BrClFN2O/c1-21-14-7-13-12(6-11(14)18)19-15(8-17)20(13)10-4-2-9(16)3-5-10/h2-7H,8H2,1H3. The van der Waals surface area contributed by atoms with E-state index in [1.807, 2.05) is 28.8 Å². The third kappa shape index (κ3) is 2.51. The Bertz CT molecular complexity index is 802. The summed E-state index contributed by atoms with van der Waals surface area (Å²) in [5.74, 6) is 0.629. The quantitative estimate of drug-likeness (QED) is 0.627. The van der Waals surface area contributed by atoms with E-state index in [9.17, 15) is 4.39 Å². The van der Waals surface area contributed by atoms with E-state index in [2.05, 4.69) is 20.9 Å². The molecular weight excluding hydrogens is 359 g/mol. The van der Waals surface area contributed by atoms with Crippen LogP contribution in [-0.2, 0) is 5.88 Å². The summed E-state index contributed by atoms with van der Waals surface area (Å²) < 4.78 is 21.7. The molecule has 0 N–H and O–H groups in total. The average molecular weight is 370 g/mol. The Kier molecular flexibility index (Phi) is 3.87. The van der Waals surface area contributed by atoms with Crippen molar-refractivity contribution in [3.63, 3.8) is 0 Å². The van der Waals surface area contributed by atoms with Crippen LogP contribution in [0.25, 0.3) is 16.7 Å². The molecule has 3 nitrogen and oxygen atoms in total. The Labute approximate surface area is 134 Å². The van der Waals surface area contributed by atoms with Crippen LogP contribution in [0.15, 0.2) is 40.9 Å². The maximum Gasteiger partial charge on any atom is 0.167 e. The van der Waals surface area contributed by atoms with E-state index in [0.717, 1.165) is 15.7 Å². The number of alkyl halides is 1. The van der Waals surface area contributed by atoms with Crippen molar-refractivity contribution in [3.8, 4) is 11.4 Å². The summed E-state index contributed by atoms with van der Waals surface area (Å²) in [4.78, 5) is 4.39. The highest BCUT2D eigenvalue weighted by molar-refractivity contribution is 9.10. The van der Waals surface area contributed by atoms with Gasteiger partial charge in [0, 0.05) is 22.3 Å². The number of methoxy groups -OCH3 is 1. The van der Waals surface area contributed by atoms with Crippen LogP contribution in [0.4, 0.5) is 4.39 Å². The molecule has 6 heteroatoms. The number of hydrogen-bond donors (Lipinski definition) is 0. The minimum atomic E-state index is -0.438. The van der Waals surface area contributed by atoms with Gasteiger partial charge in [-0.3, -0.25) is 4.57 Å². The molecular formula is C15H11BrClFN2O. The molecule has 1 aromatic heterocycles. The largest absolute Gasteiger partial charge is 0.494 e. The topological polar surface area (TPSA) is 27.1 Å². The van der Waals surface area contributed by atoms with Gasteiger partial charge >= 0.3 is 0 Å². The molecule has 0 aliphatic heterocycles. The Morgan fingerprint density at radius 2 is 2.00 bits per heavy atom. The Morgan fingerprint density at radius 3 is 2.62 bits per heavy atom. The second-order valence-corrected chi connectivity index (χ2v) is 5.63. The number of benzene rings is 2. The van der Waals surface area contributed by atoms with Crippen LogP contribution in [0, 0.1) is 5.82 Å². The SMILES string of the molecule is COc1cc2c(cc1F)nc(CCl)n2-c1ccc(Br)cc1. The number of nitrogens with zero attached hydrogens (tertiary/aromatic N) is 2. The summed E-state index contributed by atoms with van der Waals surface area (Å²) in [7, 11) is 1.44. The predicted molar refractivity (Wildman–Crippen MR) is 84.8 cm³/mol. The molecule has 0 saturated carbocycles. The summed E-state index contributed by atoms with van der Waals surface area (Å²) in [6, 6.07) is 10.7. The lowest BCUT2D eigenvalue weighted by Crippen LogP contribution is -1.99. The zero-order valence-electron chi connectivity index (χ0n) is 11.1. The third-order valence-corrected chi connectivity index (χ3v) is 3.97. The van der Waals surface area contributed by atoms with Crippen molar-refractivity contribution in [1.29, 1.82) is 0 Å². The molecule has 0 radical (unpaired) electrons. The molecule has 3 rings (SSSR count). The smallest absolute Gasteiger partial charge is 0.167 e. The van der Waals surface area contributed by atoms with Gasteiger partial charge in [-0.15, -0.1) is 11.6 Å². The molecule has 108 valence electrons. The zero-order valence-corrected chi connectivity index (χ0v) is 13.4. The van der Waals surface area contributed by atoms with E-state index in [4.69, 9.17) is 16.3 Å². The van der Waals surface area contributed by atoms with Crippen LogP contribution in [0.1, 0.15) is 5.82 Å². The lowest BCUT2D eigenvalue weighted by Gasteiger charge is -2.09. The van der Waals surface area contributed by atoms with Crippen molar-refractivity contribution in [2.45, 2.75) is 5.88 Å². The van der Waals surface area contributed by atoms with Crippen molar-refractivity contribution in [2.24, 2.45) is 0 Å². The first-order chi connectivity index (χ1) is 10.1. The van der Waals surface area contributed by atoms with E-state index >= 15 is 0 Å². The van der Waals surface area contributed by atoms with Gasteiger partial charge in [-0.25, -0.2) is 9.37 Å². The van der Waals surface area contributed by atoms with Crippen LogP contribution in [0.5, 0.6) is 5.75 Å². The van der Waals surface area contributed by atoms with Gasteiger partial charge in [0.05, 0.1) is 24.0 Å². The van der Waals surface area contributed by atoms with Crippen LogP contribution in [0.3, 0.4) is 0 Å². The molecule has 0 saturated heterocycles. The van der Waals surface area contributed by atoms with E-state index in [-0.39, 0.29) is 11.6 Å². The van der Waals surface area contributed by atoms with Crippen LogP contribution >= 0.6 is 27.5 Å². The van der Waals surface area contributed by atoms with Gasteiger partial charge in [-0.05, 0) is 24.3 Å². The molecule has 0 aliphatic rings. The molecule has 0 aliphatic carbocycles. The van der Waals surface area contributed by atoms with Gasteiger partial charge in [0.2, 0.25) is 0 Å². The van der Waals surface area contributed by atoms with E-state index in [1.54, 1.807) is 6.07 Å². The number of ether oxygens (including phenoxy) is 1. The summed E-state index contributed by atoms with van der Waals surface area (Å²) in [5, 5.41) is 0. The molecule has 0 bridgehead atoms. The Hall–Kier alpha value is -1.59. The summed E-state index contributed by atoms with van der Waals surface area (Å²) in [5.41, 5.74) is 2.21. The monoisotopic (exact) mass is 368 g/mol. The Morgan fingerprint density at radius 1 is 1.29 bits per heavy atom. The number of fused-ring (bicyclic) bond motifs is 1. The molecule has 0 fully saturated rings. The van der Waals surface area contributed by atoms with Gasteiger partial charge < -0.3 is 4.74 Å². The molecule has 3 aromatic rings. The molecule has 2 aromatic carbocycles. The summed E-state index contributed by atoms with van der Waals surface area (Å²) in [6.07, 6.45) is 0. The second kappa shape index (κ2) is 5.66. The van der Waals surface area contributed by atoms with E-state index in [0.29, 0.717) is 11.3 Å². The highest BCUT2D eigenvalue weighted by atomic mass is 79.9. The second-order valence-electron chi connectivity index (χ2n) is 4.45. The molecule has 1 heterocycles. The number of aromatic nitrogens is 2. The highest BCUT2D eigenvalue weighted by Crippen LogP contribution is 2.29. The van der Waals surface area contributed by atoms with Gasteiger partial charge in [0.1, 0.15) is 5.82 Å². The Balaban J connectivity index is 2.31. The van der Waals surface area contributed by atoms with Crippen molar-refractivity contribution in [2.75, 3.05) is 7.11 Å². The number of rotatable bonds is 3. The fraction of sp³-hybridized carbons (Fsp3) is 0.133. The maximum atomic E-state index is 13.8. The van der Waals surface area contributed by atoms with Crippen molar-refractivity contribution < 1.29 is 9.13 Å². The maximum absolute atomic E-state index is 13.8. The fourth-order valence-corrected chi connectivity index (χ4v) is 2.70. The van der Waals surface area contributed by atoms with E-state index < -0.39 is 5.82 Å². The average Bonchev–Trinajstić information content (AvgIpc) is 2.84. The number of halogens is 3. The number of imidazole rings is 1.